The van der Waals surface area contributed by atoms with Crippen LogP contribution in [0.25, 0.3) is 22.3 Å². The quantitative estimate of drug-likeness (QED) is 0.481. The molecule has 0 aliphatic rings. The van der Waals surface area contributed by atoms with E-state index in [9.17, 15) is 8.42 Å². The van der Waals surface area contributed by atoms with E-state index in [2.05, 4.69) is 14.7 Å². The molecule has 0 aliphatic heterocycles. The number of aryl methyl sites for hydroxylation is 1. The summed E-state index contributed by atoms with van der Waals surface area (Å²) in [5.41, 5.74) is 4.40. The van der Waals surface area contributed by atoms with E-state index < -0.39 is 10.0 Å². The summed E-state index contributed by atoms with van der Waals surface area (Å²) in [6.07, 6.45) is 1.37. The molecule has 0 saturated heterocycles. The highest BCUT2D eigenvalue weighted by Gasteiger charge is 2.23. The van der Waals surface area contributed by atoms with Crippen molar-refractivity contribution in [3.05, 3.63) is 78.4 Å². The van der Waals surface area contributed by atoms with Crippen LogP contribution in [0, 0.1) is 6.92 Å². The van der Waals surface area contributed by atoms with Crippen LogP contribution in [0.3, 0.4) is 0 Å². The molecule has 0 spiro atoms. The summed E-state index contributed by atoms with van der Waals surface area (Å²) in [5, 5.41) is 3.58. The molecule has 3 aromatic carbocycles. The Hall–Kier alpha value is -2.96. The number of hydrogen-bond donors (Lipinski definition) is 1. The van der Waals surface area contributed by atoms with E-state index in [0.29, 0.717) is 5.56 Å². The zero-order valence-corrected chi connectivity index (χ0v) is 16.6. The molecule has 0 aromatic heterocycles. The second kappa shape index (κ2) is 8.82. The summed E-state index contributed by atoms with van der Waals surface area (Å²) in [4.78, 5) is 4.81. The van der Waals surface area contributed by atoms with Crippen LogP contribution in [0.2, 0.25) is 0 Å². The van der Waals surface area contributed by atoms with Gasteiger partial charge in [-0.25, -0.2) is 13.1 Å². The number of nitrogens with one attached hydrogen (secondary N) is 1. The molecule has 0 fully saturated rings. The molecule has 3 aromatic rings. The first kappa shape index (κ1) is 19.8. The van der Waals surface area contributed by atoms with Crippen LogP contribution in [-0.2, 0) is 14.9 Å². The molecular formula is C22H22N2O3S. The first-order valence-corrected chi connectivity index (χ1v) is 10.3. The summed E-state index contributed by atoms with van der Waals surface area (Å²) in [5.74, 6) is 0. The molecule has 0 unspecified atom stereocenters. The Morgan fingerprint density at radius 3 is 2.04 bits per heavy atom. The first-order valence-electron chi connectivity index (χ1n) is 8.83. The van der Waals surface area contributed by atoms with E-state index in [1.807, 2.05) is 73.7 Å². The van der Waals surface area contributed by atoms with Crippen molar-refractivity contribution in [2.24, 2.45) is 5.16 Å². The molecule has 0 radical (unpaired) electrons. The van der Waals surface area contributed by atoms with E-state index in [0.717, 1.165) is 22.3 Å². The molecule has 0 saturated carbocycles. The SMILES string of the molecule is CON=CCNS(=O)(=O)c1ccc(C)c(-c2ccccc2)c1-c1ccccc1. The Kier molecular flexibility index (Phi) is 6.23. The third-order valence-electron chi connectivity index (χ3n) is 4.33. The molecule has 5 nitrogen and oxygen atoms in total. The largest absolute Gasteiger partial charge is 0.399 e. The van der Waals surface area contributed by atoms with Gasteiger partial charge in [-0.1, -0.05) is 71.9 Å². The van der Waals surface area contributed by atoms with Gasteiger partial charge in [-0.3, -0.25) is 0 Å². The third-order valence-corrected chi connectivity index (χ3v) is 5.80. The van der Waals surface area contributed by atoms with Gasteiger partial charge in [-0.15, -0.1) is 0 Å². The van der Waals surface area contributed by atoms with E-state index in [4.69, 9.17) is 0 Å². The average Bonchev–Trinajstić information content (AvgIpc) is 2.72. The van der Waals surface area contributed by atoms with Gasteiger partial charge in [-0.2, -0.15) is 0 Å². The fraction of sp³-hybridized carbons (Fsp3) is 0.136. The van der Waals surface area contributed by atoms with Crippen molar-refractivity contribution >= 4 is 16.2 Å². The predicted molar refractivity (Wildman–Crippen MR) is 113 cm³/mol. The molecule has 0 atom stereocenters. The van der Waals surface area contributed by atoms with Gasteiger partial charge in [0, 0.05) is 12.1 Å². The van der Waals surface area contributed by atoms with Crippen molar-refractivity contribution in [1.82, 2.24) is 4.72 Å². The zero-order valence-electron chi connectivity index (χ0n) is 15.8. The Morgan fingerprint density at radius 1 is 0.893 bits per heavy atom. The van der Waals surface area contributed by atoms with Crippen molar-refractivity contribution in [3.63, 3.8) is 0 Å². The van der Waals surface area contributed by atoms with Crippen molar-refractivity contribution in [3.8, 4) is 22.3 Å². The van der Waals surface area contributed by atoms with E-state index in [-0.39, 0.29) is 11.4 Å². The van der Waals surface area contributed by atoms with Crippen LogP contribution >= 0.6 is 0 Å². The Labute approximate surface area is 165 Å². The molecule has 0 heterocycles. The maximum Gasteiger partial charge on any atom is 0.241 e. The van der Waals surface area contributed by atoms with Gasteiger partial charge in [0.15, 0.2) is 0 Å². The fourth-order valence-electron chi connectivity index (χ4n) is 3.12. The van der Waals surface area contributed by atoms with Gasteiger partial charge in [-0.05, 0) is 35.2 Å². The number of nitrogens with zero attached hydrogens (tertiary/aromatic N) is 1. The van der Waals surface area contributed by atoms with Crippen LogP contribution < -0.4 is 4.72 Å². The normalized spacial score (nSPS) is 11.6. The van der Waals surface area contributed by atoms with Gasteiger partial charge in [0.1, 0.15) is 7.11 Å². The summed E-state index contributed by atoms with van der Waals surface area (Å²) in [6, 6.07) is 22.9. The lowest BCUT2D eigenvalue weighted by Crippen LogP contribution is -2.26. The lowest BCUT2D eigenvalue weighted by atomic mass is 9.91. The molecule has 28 heavy (non-hydrogen) atoms. The fourth-order valence-corrected chi connectivity index (χ4v) is 4.30. The number of benzene rings is 3. The van der Waals surface area contributed by atoms with Gasteiger partial charge >= 0.3 is 0 Å². The highest BCUT2D eigenvalue weighted by molar-refractivity contribution is 7.89. The maximum absolute atomic E-state index is 13.1. The first-order chi connectivity index (χ1) is 13.5. The van der Waals surface area contributed by atoms with Crippen LogP contribution in [0.5, 0.6) is 0 Å². The third kappa shape index (κ3) is 4.30. The number of oxime groups is 1. The molecule has 0 amide bonds. The summed E-state index contributed by atoms with van der Waals surface area (Å²) in [7, 11) is -2.36. The molecular weight excluding hydrogens is 372 g/mol. The molecule has 144 valence electrons. The molecule has 6 heteroatoms. The Morgan fingerprint density at radius 2 is 1.46 bits per heavy atom. The van der Waals surface area contributed by atoms with Crippen LogP contribution in [0.4, 0.5) is 0 Å². The van der Waals surface area contributed by atoms with Gasteiger partial charge < -0.3 is 4.84 Å². The summed E-state index contributed by atoms with van der Waals surface area (Å²) in [6.45, 7) is 2.03. The lowest BCUT2D eigenvalue weighted by Gasteiger charge is -2.18. The monoisotopic (exact) mass is 394 g/mol. The summed E-state index contributed by atoms with van der Waals surface area (Å²) >= 11 is 0. The standard InChI is InChI=1S/C22H22N2O3S/c1-17-13-14-20(28(25,26)24-16-15-23-27-2)22(19-11-7-4-8-12-19)21(17)18-9-5-3-6-10-18/h3-15,24H,16H2,1-2H3. The Balaban J connectivity index is 2.23. The predicted octanol–water partition coefficient (Wildman–Crippen LogP) is 4.24. The molecule has 3 rings (SSSR count). The van der Waals surface area contributed by atoms with Gasteiger partial charge in [0.25, 0.3) is 0 Å². The Bertz CT molecular complexity index is 1060. The minimum absolute atomic E-state index is 0.0406. The van der Waals surface area contributed by atoms with Crippen molar-refractivity contribution < 1.29 is 13.3 Å². The highest BCUT2D eigenvalue weighted by Crippen LogP contribution is 2.39. The lowest BCUT2D eigenvalue weighted by molar-refractivity contribution is 0.215. The second-order valence-electron chi connectivity index (χ2n) is 6.19. The maximum atomic E-state index is 13.1. The van der Waals surface area contributed by atoms with Crippen LogP contribution in [0.15, 0.2) is 82.8 Å². The smallest absolute Gasteiger partial charge is 0.241 e. The number of sulfonamides is 1. The number of hydrogen-bond acceptors (Lipinski definition) is 4. The van der Waals surface area contributed by atoms with E-state index in [1.54, 1.807) is 6.07 Å². The molecule has 0 bridgehead atoms. The van der Waals surface area contributed by atoms with E-state index >= 15 is 0 Å². The molecule has 0 aliphatic carbocycles. The van der Waals surface area contributed by atoms with Crippen molar-refractivity contribution in [1.29, 1.82) is 0 Å². The minimum atomic E-state index is -3.76. The topological polar surface area (TPSA) is 67.8 Å². The van der Waals surface area contributed by atoms with Crippen LogP contribution in [-0.4, -0.2) is 28.3 Å². The molecule has 1 N–H and O–H groups in total. The van der Waals surface area contributed by atoms with Crippen molar-refractivity contribution in [2.45, 2.75) is 11.8 Å². The van der Waals surface area contributed by atoms with Gasteiger partial charge in [0.05, 0.1) is 11.1 Å². The van der Waals surface area contributed by atoms with E-state index in [1.165, 1.54) is 13.3 Å². The highest BCUT2D eigenvalue weighted by atomic mass is 32.2. The average molecular weight is 394 g/mol. The van der Waals surface area contributed by atoms with Gasteiger partial charge in [0.2, 0.25) is 10.0 Å². The summed E-state index contributed by atoms with van der Waals surface area (Å²) < 4.78 is 28.7. The van der Waals surface area contributed by atoms with Crippen LogP contribution in [0.1, 0.15) is 5.56 Å². The minimum Gasteiger partial charge on any atom is -0.399 e. The number of rotatable bonds is 7. The van der Waals surface area contributed by atoms with Crippen molar-refractivity contribution in [2.75, 3.05) is 13.7 Å². The second-order valence-corrected chi connectivity index (χ2v) is 7.92. The zero-order chi connectivity index (χ0) is 20.0.